The van der Waals surface area contributed by atoms with Gasteiger partial charge in [0.1, 0.15) is 17.1 Å². The Kier molecular flexibility index (Phi) is 5.22. The van der Waals surface area contributed by atoms with Crippen LogP contribution in [0.4, 0.5) is 16.2 Å². The average molecular weight is 519 g/mol. The van der Waals surface area contributed by atoms with Gasteiger partial charge in [-0.15, -0.1) is 0 Å². The Morgan fingerprint density at radius 1 is 1.08 bits per heavy atom. The fraction of sp³-hybridized carbons (Fsp3) is 0.357. The lowest BCUT2D eigenvalue weighted by atomic mass is 9.96. The van der Waals surface area contributed by atoms with Crippen molar-refractivity contribution in [1.82, 2.24) is 20.2 Å². The molecule has 37 heavy (non-hydrogen) atoms. The van der Waals surface area contributed by atoms with Crippen molar-refractivity contribution < 1.29 is 9.50 Å². The number of nitrogens with zero attached hydrogens (tertiary/aromatic N) is 5. The van der Waals surface area contributed by atoms with Gasteiger partial charge >= 0.3 is 0 Å². The van der Waals surface area contributed by atoms with Crippen LogP contribution >= 0.6 is 11.6 Å². The Morgan fingerprint density at radius 2 is 1.89 bits per heavy atom. The minimum Gasteiger partial charge on any atom is -0.508 e. The second kappa shape index (κ2) is 8.41. The van der Waals surface area contributed by atoms with E-state index in [4.69, 9.17) is 21.6 Å². The van der Waals surface area contributed by atoms with E-state index < -0.39 is 5.82 Å². The number of aromatic hydroxyl groups is 1. The molecule has 0 saturated carbocycles. The normalized spacial score (nSPS) is 21.5. The van der Waals surface area contributed by atoms with Gasteiger partial charge in [-0.1, -0.05) is 35.9 Å². The number of aromatic nitrogens is 2. The fourth-order valence-electron chi connectivity index (χ4n) is 6.04. The molecule has 2 atom stereocenters. The number of likely N-dealkylation sites (N-methyl/N-ethyl adjacent to an activating group) is 1. The van der Waals surface area contributed by atoms with Crippen molar-refractivity contribution >= 4 is 45.0 Å². The maximum Gasteiger partial charge on any atom is 0.228 e. The smallest absolute Gasteiger partial charge is 0.228 e. The maximum absolute atomic E-state index is 16.6. The zero-order valence-corrected chi connectivity index (χ0v) is 21.5. The van der Waals surface area contributed by atoms with Crippen molar-refractivity contribution in [1.29, 1.82) is 0 Å². The SMILES string of the molecule is CN(C)C1CN(c2nc(N3C[C@H]4C[C@@H]3CN4)c3cc(Cl)c(-c4cc(O)cc5ccccc45)c(F)c3n2)C1. The third kappa shape index (κ3) is 3.61. The first-order chi connectivity index (χ1) is 17.9. The number of phenols is 1. The highest BCUT2D eigenvalue weighted by Crippen LogP contribution is 2.43. The Balaban J connectivity index is 1.44. The molecule has 2 bridgehead atoms. The average Bonchev–Trinajstić information content (AvgIpc) is 3.47. The molecule has 4 aromatic rings. The lowest BCUT2D eigenvalue weighted by molar-refractivity contribution is 0.245. The van der Waals surface area contributed by atoms with Crippen molar-refractivity contribution in [2.75, 3.05) is 50.1 Å². The van der Waals surface area contributed by atoms with Crippen molar-refractivity contribution in [3.63, 3.8) is 0 Å². The molecule has 7 rings (SSSR count). The van der Waals surface area contributed by atoms with Crippen LogP contribution in [0.2, 0.25) is 5.02 Å². The first kappa shape index (κ1) is 23.0. The van der Waals surface area contributed by atoms with Crippen LogP contribution in [0, 0.1) is 5.82 Å². The molecule has 0 aliphatic carbocycles. The summed E-state index contributed by atoms with van der Waals surface area (Å²) in [5.41, 5.74) is 1.05. The molecule has 190 valence electrons. The van der Waals surface area contributed by atoms with Gasteiger partial charge in [0.25, 0.3) is 0 Å². The van der Waals surface area contributed by atoms with Crippen LogP contribution in [-0.4, -0.2) is 78.4 Å². The van der Waals surface area contributed by atoms with Crippen molar-refractivity contribution in [3.8, 4) is 16.9 Å². The highest BCUT2D eigenvalue weighted by molar-refractivity contribution is 6.35. The van der Waals surface area contributed by atoms with E-state index >= 15 is 4.39 Å². The van der Waals surface area contributed by atoms with Gasteiger partial charge in [-0.2, -0.15) is 4.98 Å². The first-order valence-corrected chi connectivity index (χ1v) is 13.1. The molecule has 1 aromatic heterocycles. The van der Waals surface area contributed by atoms with E-state index in [1.165, 1.54) is 0 Å². The molecular formula is C28H28ClFN6O. The zero-order valence-electron chi connectivity index (χ0n) is 20.7. The minimum atomic E-state index is -0.490. The predicted octanol–water partition coefficient (Wildman–Crippen LogP) is 4.25. The molecule has 0 spiro atoms. The van der Waals surface area contributed by atoms with Gasteiger partial charge in [0.05, 0.1) is 5.02 Å². The summed E-state index contributed by atoms with van der Waals surface area (Å²) in [4.78, 5) is 16.4. The molecule has 2 N–H and O–H groups in total. The van der Waals surface area contributed by atoms with Gasteiger partial charge in [-0.05, 0) is 55.1 Å². The number of nitrogens with one attached hydrogen (secondary N) is 1. The molecule has 9 heteroatoms. The van der Waals surface area contributed by atoms with Crippen LogP contribution < -0.4 is 15.1 Å². The highest BCUT2D eigenvalue weighted by atomic mass is 35.5. The van der Waals surface area contributed by atoms with Crippen LogP contribution in [0.1, 0.15) is 6.42 Å². The molecule has 7 nitrogen and oxygen atoms in total. The minimum absolute atomic E-state index is 0.0595. The number of phenolic OH excluding ortho intramolecular Hbond substituents is 1. The number of hydrogen-bond donors (Lipinski definition) is 2. The second-order valence-electron chi connectivity index (χ2n) is 10.7. The quantitative estimate of drug-likeness (QED) is 0.418. The maximum atomic E-state index is 16.6. The van der Waals surface area contributed by atoms with E-state index in [1.54, 1.807) is 18.2 Å². The van der Waals surface area contributed by atoms with Crippen LogP contribution in [0.3, 0.4) is 0 Å². The van der Waals surface area contributed by atoms with Gasteiger partial charge in [0, 0.05) is 55.3 Å². The molecule has 4 heterocycles. The lowest BCUT2D eigenvalue weighted by Crippen LogP contribution is -2.58. The van der Waals surface area contributed by atoms with Crippen LogP contribution in [0.5, 0.6) is 5.75 Å². The van der Waals surface area contributed by atoms with E-state index in [-0.39, 0.29) is 21.9 Å². The number of rotatable bonds is 4. The first-order valence-electron chi connectivity index (χ1n) is 12.7. The largest absolute Gasteiger partial charge is 0.508 e. The van der Waals surface area contributed by atoms with Crippen molar-refractivity contribution in [3.05, 3.63) is 53.3 Å². The topological polar surface area (TPSA) is 67.8 Å². The third-order valence-corrected chi connectivity index (χ3v) is 8.47. The standard InChI is InChI=1S/C28H28ClFN6O/c1-34(2)18-13-35(14-18)28-32-26-22(27(33-28)36-12-16-8-17(36)11-31-16)10-23(29)24(25(26)30)21-9-19(37)7-15-5-3-4-6-20(15)21/h3-7,9-10,16-18,31,37H,8,11-14H2,1-2H3/t16-,17-/m1/s1. The van der Waals surface area contributed by atoms with Gasteiger partial charge in [-0.3, -0.25) is 0 Å². The number of halogens is 2. The predicted molar refractivity (Wildman–Crippen MR) is 146 cm³/mol. The molecule has 3 saturated heterocycles. The number of benzene rings is 3. The summed E-state index contributed by atoms with van der Waals surface area (Å²) in [6.07, 6.45) is 1.05. The number of piperazine rings is 1. The summed E-state index contributed by atoms with van der Waals surface area (Å²) in [6.45, 7) is 3.31. The summed E-state index contributed by atoms with van der Waals surface area (Å²) in [7, 11) is 4.13. The van der Waals surface area contributed by atoms with Gasteiger partial charge < -0.3 is 25.1 Å². The van der Waals surface area contributed by atoms with Gasteiger partial charge in [0.2, 0.25) is 5.95 Å². The van der Waals surface area contributed by atoms with E-state index in [1.807, 2.05) is 24.3 Å². The van der Waals surface area contributed by atoms with Gasteiger partial charge in [-0.25, -0.2) is 9.37 Å². The van der Waals surface area contributed by atoms with Crippen LogP contribution in [0.25, 0.3) is 32.8 Å². The Hall–Kier alpha value is -3.20. The molecule has 0 unspecified atom stereocenters. The van der Waals surface area contributed by atoms with Crippen LogP contribution in [-0.2, 0) is 0 Å². The number of anilines is 2. The summed E-state index contributed by atoms with van der Waals surface area (Å²) in [5, 5.41) is 16.5. The van der Waals surface area contributed by atoms with Crippen molar-refractivity contribution in [2.24, 2.45) is 0 Å². The molecule has 3 fully saturated rings. The van der Waals surface area contributed by atoms with E-state index in [2.05, 4.69) is 34.1 Å². The Bertz CT molecular complexity index is 1560. The van der Waals surface area contributed by atoms with Gasteiger partial charge in [0.15, 0.2) is 5.82 Å². The monoisotopic (exact) mass is 518 g/mol. The summed E-state index contributed by atoms with van der Waals surface area (Å²) in [6, 6.07) is 13.8. The Labute approximate surface area is 219 Å². The third-order valence-electron chi connectivity index (χ3n) is 8.17. The van der Waals surface area contributed by atoms with Crippen LogP contribution in [0.15, 0.2) is 42.5 Å². The molecule has 0 amide bonds. The summed E-state index contributed by atoms with van der Waals surface area (Å²) >= 11 is 6.82. The second-order valence-corrected chi connectivity index (χ2v) is 11.1. The van der Waals surface area contributed by atoms with E-state index in [0.717, 1.165) is 49.2 Å². The molecular weight excluding hydrogens is 491 g/mol. The number of fused-ring (bicyclic) bond motifs is 4. The molecule has 0 radical (unpaired) electrons. The highest BCUT2D eigenvalue weighted by Gasteiger charge is 2.40. The zero-order chi connectivity index (χ0) is 25.4. The van der Waals surface area contributed by atoms with Crippen molar-refractivity contribution in [2.45, 2.75) is 24.5 Å². The van der Waals surface area contributed by atoms with E-state index in [9.17, 15) is 5.11 Å². The molecule has 3 aromatic carbocycles. The van der Waals surface area contributed by atoms with E-state index in [0.29, 0.717) is 35.0 Å². The molecule has 3 aliphatic rings. The summed E-state index contributed by atoms with van der Waals surface area (Å²) < 4.78 is 16.6. The number of hydrogen-bond acceptors (Lipinski definition) is 7. The Morgan fingerprint density at radius 3 is 2.62 bits per heavy atom. The lowest BCUT2D eigenvalue weighted by Gasteiger charge is -2.43. The summed E-state index contributed by atoms with van der Waals surface area (Å²) in [5.74, 6) is 0.860. The molecule has 3 aliphatic heterocycles. The fourth-order valence-corrected chi connectivity index (χ4v) is 6.34.